The largest absolute Gasteiger partial charge is 0.452 e. The van der Waals surface area contributed by atoms with Gasteiger partial charge in [0.25, 0.3) is 5.91 Å². The van der Waals surface area contributed by atoms with E-state index in [0.29, 0.717) is 27.9 Å². The number of nitrogens with one attached hydrogen (secondary N) is 1. The van der Waals surface area contributed by atoms with Gasteiger partial charge >= 0.3 is 5.97 Å². The second kappa shape index (κ2) is 8.16. The topological polar surface area (TPSA) is 94.3 Å². The molecule has 0 aliphatic rings. The summed E-state index contributed by atoms with van der Waals surface area (Å²) in [5, 5.41) is 7.17. The molecule has 0 aliphatic heterocycles. The Hall–Kier alpha value is -4.00. The summed E-state index contributed by atoms with van der Waals surface area (Å²) < 4.78 is 10.3. The molecule has 0 unspecified atom stereocenters. The van der Waals surface area contributed by atoms with Crippen LogP contribution in [0.25, 0.3) is 22.2 Å². The van der Waals surface area contributed by atoms with Gasteiger partial charge in [0.2, 0.25) is 5.88 Å². The van der Waals surface area contributed by atoms with E-state index in [1.807, 2.05) is 49.4 Å². The van der Waals surface area contributed by atoms with Gasteiger partial charge in [0.15, 0.2) is 6.61 Å². The van der Waals surface area contributed by atoms with Gasteiger partial charge < -0.3 is 9.26 Å². The Balaban J connectivity index is 1.40. The molecule has 7 nitrogen and oxygen atoms in total. The second-order valence-electron chi connectivity index (χ2n) is 6.90. The number of nitrogens with zero attached hydrogens (tertiary/aromatic N) is 2. The molecular formula is C23H19N3O4. The number of benzene rings is 2. The molecule has 0 bridgehead atoms. The van der Waals surface area contributed by atoms with Crippen molar-refractivity contribution in [3.8, 4) is 11.3 Å². The monoisotopic (exact) mass is 401 g/mol. The maximum atomic E-state index is 12.5. The molecule has 30 heavy (non-hydrogen) atoms. The molecule has 0 atom stereocenters. The van der Waals surface area contributed by atoms with Crippen LogP contribution in [0, 0.1) is 13.8 Å². The van der Waals surface area contributed by atoms with Gasteiger partial charge in [0.05, 0.1) is 11.1 Å². The number of anilines is 1. The van der Waals surface area contributed by atoms with Gasteiger partial charge in [0, 0.05) is 22.7 Å². The summed E-state index contributed by atoms with van der Waals surface area (Å²) in [6, 6.07) is 18.3. The van der Waals surface area contributed by atoms with Crippen LogP contribution in [-0.2, 0) is 9.53 Å². The maximum Gasteiger partial charge on any atom is 0.339 e. The zero-order valence-corrected chi connectivity index (χ0v) is 16.5. The Bertz CT molecular complexity index is 1230. The molecular weight excluding hydrogens is 382 g/mol. The van der Waals surface area contributed by atoms with Gasteiger partial charge in [-0.05, 0) is 26.0 Å². The number of para-hydroxylation sites is 1. The van der Waals surface area contributed by atoms with Crippen molar-refractivity contribution in [1.82, 2.24) is 10.1 Å². The fraction of sp³-hybridized carbons (Fsp3) is 0.130. The number of esters is 1. The predicted molar refractivity (Wildman–Crippen MR) is 112 cm³/mol. The molecule has 1 N–H and O–H groups in total. The minimum Gasteiger partial charge on any atom is -0.452 e. The number of fused-ring (bicyclic) bond motifs is 1. The number of aryl methyl sites for hydroxylation is 2. The minimum absolute atomic E-state index is 0.178. The quantitative estimate of drug-likeness (QED) is 0.501. The first kappa shape index (κ1) is 19.3. The van der Waals surface area contributed by atoms with Crippen molar-refractivity contribution < 1.29 is 18.8 Å². The van der Waals surface area contributed by atoms with Crippen LogP contribution in [0.1, 0.15) is 21.6 Å². The lowest BCUT2D eigenvalue weighted by Gasteiger charge is -2.08. The molecule has 2 aromatic carbocycles. The molecule has 2 heterocycles. The number of ether oxygens (including phenoxy) is 1. The molecule has 0 saturated heterocycles. The molecule has 0 saturated carbocycles. The van der Waals surface area contributed by atoms with Crippen molar-refractivity contribution in [1.29, 1.82) is 0 Å². The normalized spacial score (nSPS) is 10.7. The minimum atomic E-state index is -0.593. The molecule has 150 valence electrons. The summed E-state index contributed by atoms with van der Waals surface area (Å²) in [6.45, 7) is 3.34. The summed E-state index contributed by atoms with van der Waals surface area (Å²) in [7, 11) is 0. The van der Waals surface area contributed by atoms with Crippen molar-refractivity contribution in [3.05, 3.63) is 77.5 Å². The summed E-state index contributed by atoms with van der Waals surface area (Å²) in [5.74, 6) is -0.938. The molecule has 0 radical (unpaired) electrons. The van der Waals surface area contributed by atoms with Gasteiger partial charge in [-0.15, -0.1) is 0 Å². The van der Waals surface area contributed by atoms with Crippen molar-refractivity contribution >= 4 is 28.7 Å². The van der Waals surface area contributed by atoms with Gasteiger partial charge in [0.1, 0.15) is 5.69 Å². The molecule has 2 aromatic heterocycles. The molecule has 0 fully saturated rings. The number of carbonyl (C=O) groups is 2. The van der Waals surface area contributed by atoms with E-state index in [2.05, 4.69) is 15.5 Å². The van der Waals surface area contributed by atoms with E-state index in [-0.39, 0.29) is 5.88 Å². The summed E-state index contributed by atoms with van der Waals surface area (Å²) in [6.07, 6.45) is 0. The molecule has 1 amide bonds. The van der Waals surface area contributed by atoms with Crippen LogP contribution in [0.3, 0.4) is 0 Å². The van der Waals surface area contributed by atoms with Crippen LogP contribution >= 0.6 is 0 Å². The van der Waals surface area contributed by atoms with E-state index in [0.717, 1.165) is 11.1 Å². The fourth-order valence-electron chi connectivity index (χ4n) is 3.05. The first-order chi connectivity index (χ1) is 14.5. The van der Waals surface area contributed by atoms with Gasteiger partial charge in [-0.1, -0.05) is 53.2 Å². The zero-order valence-electron chi connectivity index (χ0n) is 16.5. The molecule has 0 spiro atoms. The Morgan fingerprint density at radius 2 is 1.80 bits per heavy atom. The third-order valence-corrected chi connectivity index (χ3v) is 4.52. The summed E-state index contributed by atoms with van der Waals surface area (Å²) >= 11 is 0. The van der Waals surface area contributed by atoms with E-state index in [9.17, 15) is 9.59 Å². The standard InChI is InChI=1S/C23H19N3O4/c1-14-7-9-16(10-8-14)20-12-22(30-26-20)25-21(27)13-29-23(28)18-11-15(2)24-19-6-4-3-5-17(18)19/h3-12H,13H2,1-2H3,(H,25,27). The Morgan fingerprint density at radius 3 is 2.60 bits per heavy atom. The lowest BCUT2D eigenvalue weighted by Crippen LogP contribution is -2.21. The third kappa shape index (κ3) is 4.20. The van der Waals surface area contributed by atoms with Gasteiger partial charge in [-0.2, -0.15) is 0 Å². The van der Waals surface area contributed by atoms with Crippen LogP contribution in [0.2, 0.25) is 0 Å². The van der Waals surface area contributed by atoms with E-state index < -0.39 is 18.5 Å². The average Bonchev–Trinajstić information content (AvgIpc) is 3.20. The zero-order chi connectivity index (χ0) is 21.1. The Morgan fingerprint density at radius 1 is 1.03 bits per heavy atom. The first-order valence-electron chi connectivity index (χ1n) is 9.37. The highest BCUT2D eigenvalue weighted by Crippen LogP contribution is 2.22. The van der Waals surface area contributed by atoms with Crippen LogP contribution in [0.5, 0.6) is 0 Å². The van der Waals surface area contributed by atoms with Crippen LogP contribution in [-0.4, -0.2) is 28.6 Å². The van der Waals surface area contributed by atoms with Crippen molar-refractivity contribution in [2.24, 2.45) is 0 Å². The van der Waals surface area contributed by atoms with Crippen LogP contribution < -0.4 is 5.32 Å². The number of amides is 1. The number of rotatable bonds is 5. The maximum absolute atomic E-state index is 12.5. The van der Waals surface area contributed by atoms with E-state index in [1.54, 1.807) is 25.1 Å². The first-order valence-corrected chi connectivity index (χ1v) is 9.37. The van der Waals surface area contributed by atoms with Gasteiger partial charge in [-0.3, -0.25) is 15.1 Å². The van der Waals surface area contributed by atoms with E-state index in [4.69, 9.17) is 9.26 Å². The smallest absolute Gasteiger partial charge is 0.339 e. The third-order valence-electron chi connectivity index (χ3n) is 4.52. The lowest BCUT2D eigenvalue weighted by atomic mass is 10.1. The molecule has 0 aliphatic carbocycles. The van der Waals surface area contributed by atoms with Crippen molar-refractivity contribution in [3.63, 3.8) is 0 Å². The average molecular weight is 401 g/mol. The molecule has 4 rings (SSSR count). The highest BCUT2D eigenvalue weighted by Gasteiger charge is 2.16. The van der Waals surface area contributed by atoms with E-state index in [1.165, 1.54) is 0 Å². The number of carbonyl (C=O) groups excluding carboxylic acids is 2. The number of aromatic nitrogens is 2. The highest BCUT2D eigenvalue weighted by atomic mass is 16.5. The predicted octanol–water partition coefficient (Wildman–Crippen LogP) is 4.30. The second-order valence-corrected chi connectivity index (χ2v) is 6.90. The Labute approximate surface area is 172 Å². The number of hydrogen-bond acceptors (Lipinski definition) is 6. The number of hydrogen-bond donors (Lipinski definition) is 1. The lowest BCUT2D eigenvalue weighted by molar-refractivity contribution is -0.119. The summed E-state index contributed by atoms with van der Waals surface area (Å²) in [5.41, 5.74) is 4.36. The molecule has 4 aromatic rings. The van der Waals surface area contributed by atoms with Gasteiger partial charge in [-0.25, -0.2) is 4.79 Å². The van der Waals surface area contributed by atoms with E-state index >= 15 is 0 Å². The van der Waals surface area contributed by atoms with Crippen LogP contribution in [0.15, 0.2) is 65.2 Å². The SMILES string of the molecule is Cc1ccc(-c2cc(NC(=O)COC(=O)c3cc(C)nc4ccccc34)on2)cc1. The number of pyridine rings is 1. The van der Waals surface area contributed by atoms with Crippen LogP contribution in [0.4, 0.5) is 5.88 Å². The molecule has 7 heteroatoms. The van der Waals surface area contributed by atoms with Crippen molar-refractivity contribution in [2.75, 3.05) is 11.9 Å². The highest BCUT2D eigenvalue weighted by molar-refractivity contribution is 6.04. The summed E-state index contributed by atoms with van der Waals surface area (Å²) in [4.78, 5) is 29.1. The Kier molecular flexibility index (Phi) is 5.26. The fourth-order valence-corrected chi connectivity index (χ4v) is 3.05. The van der Waals surface area contributed by atoms with Crippen molar-refractivity contribution in [2.45, 2.75) is 13.8 Å².